The smallest absolute Gasteiger partial charge is 0.359 e. The molecule has 0 aromatic carbocycles. The number of aryl methyl sites for hydroxylation is 1. The average Bonchev–Trinajstić information content (AvgIpc) is 2.59. The lowest BCUT2D eigenvalue weighted by atomic mass is 10.3. The van der Waals surface area contributed by atoms with Crippen LogP contribution in [0.2, 0.25) is 0 Å². The van der Waals surface area contributed by atoms with Gasteiger partial charge < -0.3 is 10.1 Å². The summed E-state index contributed by atoms with van der Waals surface area (Å²) in [6.07, 6.45) is -2.72. The van der Waals surface area contributed by atoms with Gasteiger partial charge in [-0.25, -0.2) is 0 Å². The fourth-order valence-corrected chi connectivity index (χ4v) is 1.02. The Labute approximate surface area is 95.5 Å². The van der Waals surface area contributed by atoms with E-state index in [1.165, 1.54) is 24.0 Å². The zero-order valence-electron chi connectivity index (χ0n) is 9.28. The van der Waals surface area contributed by atoms with Crippen molar-refractivity contribution in [1.82, 2.24) is 9.78 Å². The van der Waals surface area contributed by atoms with Crippen molar-refractivity contribution in [2.45, 2.75) is 19.2 Å². The van der Waals surface area contributed by atoms with Gasteiger partial charge in [-0.3, -0.25) is 9.48 Å². The summed E-state index contributed by atoms with van der Waals surface area (Å²) < 4.78 is 41.4. The molecule has 0 aliphatic rings. The van der Waals surface area contributed by atoms with Crippen LogP contribution < -0.4 is 5.32 Å². The molecule has 1 amide bonds. The molecule has 1 rings (SSSR count). The normalized spacial score (nSPS) is 13.5. The Morgan fingerprint density at radius 2 is 2.29 bits per heavy atom. The largest absolute Gasteiger partial charge is 0.411 e. The molecule has 1 aromatic heterocycles. The maximum Gasteiger partial charge on any atom is 0.411 e. The predicted molar refractivity (Wildman–Crippen MR) is 53.3 cm³/mol. The van der Waals surface area contributed by atoms with Gasteiger partial charge in [0.1, 0.15) is 12.7 Å². The molecule has 96 valence electrons. The summed E-state index contributed by atoms with van der Waals surface area (Å²) in [6, 6.07) is 0. The molecule has 1 N–H and O–H groups in total. The first-order valence-electron chi connectivity index (χ1n) is 4.76. The van der Waals surface area contributed by atoms with Crippen molar-refractivity contribution >= 4 is 11.6 Å². The summed E-state index contributed by atoms with van der Waals surface area (Å²) in [4.78, 5) is 11.4. The lowest BCUT2D eigenvalue weighted by molar-refractivity contribution is -0.184. The highest BCUT2D eigenvalue weighted by Crippen LogP contribution is 2.15. The molecule has 1 heterocycles. The van der Waals surface area contributed by atoms with Gasteiger partial charge in [-0.1, -0.05) is 0 Å². The van der Waals surface area contributed by atoms with Gasteiger partial charge in [0.05, 0.1) is 11.9 Å². The third-order valence-corrected chi connectivity index (χ3v) is 1.84. The molecule has 0 radical (unpaired) electrons. The maximum atomic E-state index is 11.8. The van der Waals surface area contributed by atoms with Crippen LogP contribution >= 0.6 is 0 Å². The highest BCUT2D eigenvalue weighted by Gasteiger charge is 2.29. The summed E-state index contributed by atoms with van der Waals surface area (Å²) in [7, 11) is 1.65. The number of halogens is 3. The Morgan fingerprint density at radius 1 is 1.65 bits per heavy atom. The minimum atomic E-state index is -4.44. The number of hydrogen-bond donors (Lipinski definition) is 1. The van der Waals surface area contributed by atoms with E-state index in [2.05, 4.69) is 15.2 Å². The number of alkyl halides is 3. The summed E-state index contributed by atoms with van der Waals surface area (Å²) >= 11 is 0. The minimum Gasteiger partial charge on any atom is -0.359 e. The molecular weight excluding hydrogens is 239 g/mol. The van der Waals surface area contributed by atoms with E-state index in [9.17, 15) is 18.0 Å². The molecule has 0 bridgehead atoms. The summed E-state index contributed by atoms with van der Waals surface area (Å²) in [5.74, 6) is -0.651. The zero-order valence-corrected chi connectivity index (χ0v) is 9.28. The first-order valence-corrected chi connectivity index (χ1v) is 4.76. The number of carbonyl (C=O) groups excluding carboxylic acids is 1. The van der Waals surface area contributed by atoms with Crippen molar-refractivity contribution in [3.8, 4) is 0 Å². The van der Waals surface area contributed by atoms with Crippen LogP contribution in [0.5, 0.6) is 0 Å². The molecule has 5 nitrogen and oxygen atoms in total. The van der Waals surface area contributed by atoms with Crippen molar-refractivity contribution < 1.29 is 22.7 Å². The van der Waals surface area contributed by atoms with Crippen LogP contribution in [0.25, 0.3) is 0 Å². The van der Waals surface area contributed by atoms with E-state index in [0.717, 1.165) is 0 Å². The molecule has 1 aromatic rings. The Kier molecular flexibility index (Phi) is 4.11. The molecule has 0 fully saturated rings. The van der Waals surface area contributed by atoms with Crippen LogP contribution in [0.3, 0.4) is 0 Å². The molecule has 0 saturated carbocycles. The summed E-state index contributed by atoms with van der Waals surface area (Å²) in [6.45, 7) is -0.202. The maximum absolute atomic E-state index is 11.8. The lowest BCUT2D eigenvalue weighted by Crippen LogP contribution is -2.31. The number of rotatable bonds is 4. The fourth-order valence-electron chi connectivity index (χ4n) is 1.02. The van der Waals surface area contributed by atoms with E-state index in [4.69, 9.17) is 0 Å². The second-order valence-corrected chi connectivity index (χ2v) is 3.46. The zero-order chi connectivity index (χ0) is 13.1. The van der Waals surface area contributed by atoms with Gasteiger partial charge in [-0.2, -0.15) is 18.3 Å². The van der Waals surface area contributed by atoms with Crippen LogP contribution in [0, 0.1) is 0 Å². The minimum absolute atomic E-state index is 0.403. The van der Waals surface area contributed by atoms with Crippen molar-refractivity contribution in [2.75, 3.05) is 11.9 Å². The van der Waals surface area contributed by atoms with Crippen molar-refractivity contribution in [3.05, 3.63) is 12.4 Å². The molecule has 0 saturated heterocycles. The molecule has 8 heteroatoms. The highest BCUT2D eigenvalue weighted by molar-refractivity contribution is 5.93. The quantitative estimate of drug-likeness (QED) is 0.878. The van der Waals surface area contributed by atoms with E-state index in [1.54, 1.807) is 7.05 Å². The van der Waals surface area contributed by atoms with Crippen LogP contribution in [-0.4, -0.2) is 34.6 Å². The second-order valence-electron chi connectivity index (χ2n) is 3.46. The summed E-state index contributed by atoms with van der Waals surface area (Å²) in [5, 5.41) is 6.18. The molecule has 0 aliphatic heterocycles. The SMILES string of the molecule is CC(OCC(F)(F)F)C(=O)Nc1cnn(C)c1. The lowest BCUT2D eigenvalue weighted by Gasteiger charge is -2.13. The Morgan fingerprint density at radius 3 is 2.76 bits per heavy atom. The van der Waals surface area contributed by atoms with Crippen LogP contribution in [0.15, 0.2) is 12.4 Å². The van der Waals surface area contributed by atoms with Gasteiger partial charge in [-0.15, -0.1) is 0 Å². The van der Waals surface area contributed by atoms with E-state index >= 15 is 0 Å². The van der Waals surface area contributed by atoms with Crippen LogP contribution in [0.1, 0.15) is 6.92 Å². The molecule has 17 heavy (non-hydrogen) atoms. The topological polar surface area (TPSA) is 56.1 Å². The van der Waals surface area contributed by atoms with Crippen LogP contribution in [0.4, 0.5) is 18.9 Å². The number of ether oxygens (including phenoxy) is 1. The van der Waals surface area contributed by atoms with E-state index < -0.39 is 24.8 Å². The predicted octanol–water partition coefficient (Wildman–Crippen LogP) is 1.33. The number of anilines is 1. The standard InChI is InChI=1S/C9H12F3N3O2/c1-6(17-5-9(10,11)12)8(16)14-7-3-13-15(2)4-7/h3-4,6H,5H2,1-2H3,(H,14,16). The van der Waals surface area contributed by atoms with Gasteiger partial charge in [0.2, 0.25) is 0 Å². The monoisotopic (exact) mass is 251 g/mol. The molecule has 1 atom stereocenters. The summed E-state index contributed by atoms with van der Waals surface area (Å²) in [5.41, 5.74) is 0.403. The molecule has 0 spiro atoms. The van der Waals surface area contributed by atoms with Gasteiger partial charge in [-0.05, 0) is 6.92 Å². The first-order chi connectivity index (χ1) is 7.78. The third kappa shape index (κ3) is 4.85. The number of hydrogen-bond acceptors (Lipinski definition) is 3. The molecule has 1 unspecified atom stereocenters. The van der Waals surface area contributed by atoms with Gasteiger partial charge in [0.25, 0.3) is 5.91 Å². The number of nitrogens with one attached hydrogen (secondary N) is 1. The second kappa shape index (κ2) is 5.17. The van der Waals surface area contributed by atoms with Crippen molar-refractivity contribution in [1.29, 1.82) is 0 Å². The van der Waals surface area contributed by atoms with Gasteiger partial charge in [0, 0.05) is 13.2 Å². The number of carbonyl (C=O) groups is 1. The number of amides is 1. The van der Waals surface area contributed by atoms with E-state index in [0.29, 0.717) is 5.69 Å². The van der Waals surface area contributed by atoms with E-state index in [-0.39, 0.29) is 0 Å². The number of nitrogens with zero attached hydrogens (tertiary/aromatic N) is 2. The Balaban J connectivity index is 2.42. The first kappa shape index (κ1) is 13.5. The average molecular weight is 251 g/mol. The van der Waals surface area contributed by atoms with Gasteiger partial charge >= 0.3 is 6.18 Å². The van der Waals surface area contributed by atoms with Crippen molar-refractivity contribution in [3.63, 3.8) is 0 Å². The Bertz CT molecular complexity index is 389. The van der Waals surface area contributed by atoms with Crippen LogP contribution in [-0.2, 0) is 16.6 Å². The van der Waals surface area contributed by atoms with E-state index in [1.807, 2.05) is 0 Å². The molecule has 0 aliphatic carbocycles. The number of aromatic nitrogens is 2. The fraction of sp³-hybridized carbons (Fsp3) is 0.556. The van der Waals surface area contributed by atoms with Crippen molar-refractivity contribution in [2.24, 2.45) is 7.05 Å². The van der Waals surface area contributed by atoms with Gasteiger partial charge in [0.15, 0.2) is 0 Å². The highest BCUT2D eigenvalue weighted by atomic mass is 19.4. The Hall–Kier alpha value is -1.57. The third-order valence-electron chi connectivity index (χ3n) is 1.84. The molecular formula is C9H12F3N3O2.